The van der Waals surface area contributed by atoms with E-state index in [0.717, 1.165) is 27.8 Å². The summed E-state index contributed by atoms with van der Waals surface area (Å²) in [6.07, 6.45) is 0. The summed E-state index contributed by atoms with van der Waals surface area (Å²) in [5, 5.41) is 0. The van der Waals surface area contributed by atoms with Crippen molar-refractivity contribution in [3.8, 4) is 5.75 Å². The Balaban J connectivity index is 1.15. The Labute approximate surface area is 220 Å². The number of amides is 2. The first kappa shape index (κ1) is 22.7. The van der Waals surface area contributed by atoms with Gasteiger partial charge in [0.05, 0.1) is 17.5 Å². The quantitative estimate of drug-likeness (QED) is 0.263. The van der Waals surface area contributed by atoms with Gasteiger partial charge in [-0.2, -0.15) is 0 Å². The van der Waals surface area contributed by atoms with Crippen LogP contribution in [-0.4, -0.2) is 24.2 Å². The van der Waals surface area contributed by atoms with Gasteiger partial charge in [0.25, 0.3) is 0 Å². The maximum atomic E-state index is 13.9. The van der Waals surface area contributed by atoms with Crippen molar-refractivity contribution in [3.63, 3.8) is 0 Å². The third-order valence-electron chi connectivity index (χ3n) is 8.29. The van der Waals surface area contributed by atoms with Crippen LogP contribution in [0.1, 0.15) is 50.0 Å². The number of ether oxygens (including phenoxy) is 1. The molecule has 0 aromatic heterocycles. The van der Waals surface area contributed by atoms with Crippen LogP contribution in [0.4, 0.5) is 5.69 Å². The molecule has 5 heteroatoms. The Morgan fingerprint density at radius 1 is 0.684 bits per heavy atom. The molecule has 8 rings (SSSR count). The molecule has 4 aromatic carbocycles. The van der Waals surface area contributed by atoms with Crippen molar-refractivity contribution in [1.82, 2.24) is 0 Å². The lowest BCUT2D eigenvalue weighted by Crippen LogP contribution is -2.41. The highest BCUT2D eigenvalue weighted by molar-refractivity contribution is 6.23. The molecular weight excluding hydrogens is 474 g/mol. The van der Waals surface area contributed by atoms with Crippen LogP contribution in [0.5, 0.6) is 5.75 Å². The average Bonchev–Trinajstić information content (AvgIpc) is 3.22. The lowest BCUT2D eigenvalue weighted by molar-refractivity contribution is -0.122. The predicted molar refractivity (Wildman–Crippen MR) is 143 cm³/mol. The molecule has 38 heavy (non-hydrogen) atoms. The topological polar surface area (TPSA) is 63.7 Å². The standard InChI is InChI=1S/C33H25NO4/c1-19-10-12-20(13-11-19)27(35)18-38-22-16-14-21(15-17-22)34-32(36)30-28-23-6-2-3-7-24(23)29(31(30)33(34)37)26-9-5-4-8-25(26)28/h2-17,28-31H,18H2,1H3. The van der Waals surface area contributed by atoms with Gasteiger partial charge in [0, 0.05) is 17.4 Å². The van der Waals surface area contributed by atoms with Crippen LogP contribution >= 0.6 is 0 Å². The molecule has 0 spiro atoms. The van der Waals surface area contributed by atoms with E-state index in [1.54, 1.807) is 36.4 Å². The summed E-state index contributed by atoms with van der Waals surface area (Å²) in [6, 6.07) is 30.7. The van der Waals surface area contributed by atoms with Gasteiger partial charge in [-0.3, -0.25) is 14.4 Å². The number of carbonyl (C=O) groups is 3. The summed E-state index contributed by atoms with van der Waals surface area (Å²) in [5.41, 5.74) is 6.83. The van der Waals surface area contributed by atoms with Crippen LogP contribution < -0.4 is 9.64 Å². The summed E-state index contributed by atoms with van der Waals surface area (Å²) < 4.78 is 5.71. The number of benzene rings is 4. The van der Waals surface area contributed by atoms with Crippen molar-refractivity contribution in [2.75, 3.05) is 11.5 Å². The van der Waals surface area contributed by atoms with Gasteiger partial charge in [0.2, 0.25) is 11.8 Å². The second-order valence-corrected chi connectivity index (χ2v) is 10.3. The highest BCUT2D eigenvalue weighted by Gasteiger charge is 2.61. The molecule has 0 saturated carbocycles. The first-order valence-corrected chi connectivity index (χ1v) is 12.9. The van der Waals surface area contributed by atoms with Gasteiger partial charge in [0.15, 0.2) is 12.4 Å². The van der Waals surface area contributed by atoms with Crippen LogP contribution in [0, 0.1) is 18.8 Å². The molecule has 5 nitrogen and oxygen atoms in total. The van der Waals surface area contributed by atoms with E-state index in [0.29, 0.717) is 17.0 Å². The third-order valence-corrected chi connectivity index (χ3v) is 8.29. The zero-order valence-corrected chi connectivity index (χ0v) is 20.8. The lowest BCUT2D eigenvalue weighted by atomic mass is 9.55. The van der Waals surface area contributed by atoms with E-state index in [1.807, 2.05) is 43.3 Å². The van der Waals surface area contributed by atoms with Crippen molar-refractivity contribution in [2.45, 2.75) is 18.8 Å². The second-order valence-electron chi connectivity index (χ2n) is 10.3. The molecule has 186 valence electrons. The van der Waals surface area contributed by atoms with E-state index in [-0.39, 0.29) is 36.0 Å². The van der Waals surface area contributed by atoms with Gasteiger partial charge < -0.3 is 4.74 Å². The zero-order chi connectivity index (χ0) is 26.0. The van der Waals surface area contributed by atoms with Crippen molar-refractivity contribution in [3.05, 3.63) is 130 Å². The summed E-state index contributed by atoms with van der Waals surface area (Å²) in [5.74, 6) is -1.00. The molecule has 4 aromatic rings. The highest BCUT2D eigenvalue weighted by Crippen LogP contribution is 2.61. The lowest BCUT2D eigenvalue weighted by Gasteiger charge is -2.45. The number of anilines is 1. The zero-order valence-electron chi connectivity index (χ0n) is 20.8. The normalized spacial score (nSPS) is 22.6. The number of ketones is 1. The van der Waals surface area contributed by atoms with Crippen molar-refractivity contribution < 1.29 is 19.1 Å². The molecule has 2 amide bonds. The number of hydrogen-bond donors (Lipinski definition) is 0. The molecule has 4 aliphatic rings. The van der Waals surface area contributed by atoms with Crippen LogP contribution in [-0.2, 0) is 9.59 Å². The molecule has 1 fully saturated rings. The molecule has 0 radical (unpaired) electrons. The minimum atomic E-state index is -0.416. The number of hydrogen-bond acceptors (Lipinski definition) is 4. The SMILES string of the molecule is Cc1ccc(C(=O)COc2ccc(N3C(=O)C4C5c6ccccc6C(c6ccccc65)C4C3=O)cc2)cc1. The summed E-state index contributed by atoms with van der Waals surface area (Å²) in [7, 11) is 0. The maximum Gasteiger partial charge on any atom is 0.238 e. The van der Waals surface area contributed by atoms with Gasteiger partial charge in [-0.1, -0.05) is 78.4 Å². The van der Waals surface area contributed by atoms with E-state index in [4.69, 9.17) is 4.74 Å². The van der Waals surface area contributed by atoms with Crippen LogP contribution in [0.25, 0.3) is 0 Å². The number of imide groups is 1. The molecule has 1 heterocycles. The average molecular weight is 500 g/mol. The van der Waals surface area contributed by atoms with Gasteiger partial charge in [-0.25, -0.2) is 4.90 Å². The number of rotatable bonds is 5. The molecule has 2 atom stereocenters. The van der Waals surface area contributed by atoms with Crippen molar-refractivity contribution >= 4 is 23.3 Å². The van der Waals surface area contributed by atoms with Crippen molar-refractivity contribution in [2.24, 2.45) is 11.8 Å². The first-order chi connectivity index (χ1) is 18.5. The Morgan fingerprint density at radius 2 is 1.16 bits per heavy atom. The fourth-order valence-corrected chi connectivity index (χ4v) is 6.59. The van der Waals surface area contributed by atoms with E-state index in [9.17, 15) is 14.4 Å². The Hall–Kier alpha value is -4.51. The molecule has 1 aliphatic heterocycles. The van der Waals surface area contributed by atoms with Crippen LogP contribution in [0.3, 0.4) is 0 Å². The smallest absolute Gasteiger partial charge is 0.238 e. The van der Waals surface area contributed by atoms with E-state index >= 15 is 0 Å². The van der Waals surface area contributed by atoms with E-state index < -0.39 is 11.8 Å². The summed E-state index contributed by atoms with van der Waals surface area (Å²) >= 11 is 0. The molecule has 2 bridgehead atoms. The maximum absolute atomic E-state index is 13.9. The van der Waals surface area contributed by atoms with Crippen molar-refractivity contribution in [1.29, 1.82) is 0 Å². The number of aryl methyl sites for hydroxylation is 1. The summed E-state index contributed by atoms with van der Waals surface area (Å²) in [4.78, 5) is 41.6. The van der Waals surface area contributed by atoms with Crippen LogP contribution in [0.2, 0.25) is 0 Å². The van der Waals surface area contributed by atoms with Gasteiger partial charge in [-0.15, -0.1) is 0 Å². The van der Waals surface area contributed by atoms with E-state index in [1.165, 1.54) is 4.90 Å². The predicted octanol–water partition coefficient (Wildman–Crippen LogP) is 5.65. The molecular formula is C33H25NO4. The fourth-order valence-electron chi connectivity index (χ4n) is 6.59. The number of nitrogens with zero attached hydrogens (tertiary/aromatic N) is 1. The monoisotopic (exact) mass is 499 g/mol. The number of Topliss-reactive ketones (excluding diaryl/α,β-unsaturated/α-hetero) is 1. The minimum absolute atomic E-state index is 0.0893. The van der Waals surface area contributed by atoms with E-state index in [2.05, 4.69) is 24.3 Å². The first-order valence-electron chi connectivity index (χ1n) is 12.9. The summed E-state index contributed by atoms with van der Waals surface area (Å²) in [6.45, 7) is 1.88. The largest absolute Gasteiger partial charge is 0.485 e. The second kappa shape index (κ2) is 8.52. The van der Waals surface area contributed by atoms with Crippen LogP contribution in [0.15, 0.2) is 97.1 Å². The Kier molecular flexibility index (Phi) is 5.08. The molecule has 0 N–H and O–H groups in total. The molecule has 3 aliphatic carbocycles. The third kappa shape index (κ3) is 3.28. The molecule has 1 saturated heterocycles. The van der Waals surface area contributed by atoms with Gasteiger partial charge >= 0.3 is 0 Å². The Morgan fingerprint density at radius 3 is 1.63 bits per heavy atom. The molecule has 2 unspecified atom stereocenters. The fraction of sp³-hybridized carbons (Fsp3) is 0.182. The minimum Gasteiger partial charge on any atom is -0.485 e. The van der Waals surface area contributed by atoms with Gasteiger partial charge in [-0.05, 0) is 53.4 Å². The number of carbonyl (C=O) groups excluding carboxylic acids is 3. The Bertz CT molecular complexity index is 1490. The van der Waals surface area contributed by atoms with Gasteiger partial charge in [0.1, 0.15) is 5.75 Å². The highest BCUT2D eigenvalue weighted by atomic mass is 16.5.